The third-order valence-electron chi connectivity index (χ3n) is 2.52. The second-order valence-electron chi connectivity index (χ2n) is 3.69. The highest BCUT2D eigenvalue weighted by atomic mass is 15.2. The van der Waals surface area contributed by atoms with Crippen LogP contribution >= 0.6 is 0 Å². The largest absolute Gasteiger partial charge is 0.285 e. The molecule has 0 aromatic carbocycles. The first-order valence-electron chi connectivity index (χ1n) is 4.30. The van der Waals surface area contributed by atoms with Crippen LogP contribution in [0.5, 0.6) is 0 Å². The first kappa shape index (κ1) is 8.55. The van der Waals surface area contributed by atoms with Crippen LogP contribution < -0.4 is 0 Å². The summed E-state index contributed by atoms with van der Waals surface area (Å²) in [6.07, 6.45) is 1.24. The molecule has 0 bridgehead atoms. The van der Waals surface area contributed by atoms with E-state index in [4.69, 9.17) is 5.26 Å². The molecule has 1 aliphatic rings. The summed E-state index contributed by atoms with van der Waals surface area (Å²) in [5.74, 6) is 0.765. The van der Waals surface area contributed by atoms with Gasteiger partial charge in [-0.05, 0) is 26.2 Å². The summed E-state index contributed by atoms with van der Waals surface area (Å²) < 4.78 is 0. The van der Waals surface area contributed by atoms with Gasteiger partial charge < -0.3 is 0 Å². The smallest absolute Gasteiger partial charge is 0.0951 e. The van der Waals surface area contributed by atoms with Crippen LogP contribution in [-0.2, 0) is 0 Å². The van der Waals surface area contributed by atoms with Gasteiger partial charge in [0.25, 0.3) is 0 Å². The molecule has 1 saturated heterocycles. The van der Waals surface area contributed by atoms with Crippen molar-refractivity contribution in [1.29, 1.82) is 5.26 Å². The molecule has 0 N–H and O–H groups in total. The van der Waals surface area contributed by atoms with Crippen molar-refractivity contribution in [2.24, 2.45) is 5.92 Å². The number of rotatable bonds is 1. The van der Waals surface area contributed by atoms with E-state index in [9.17, 15) is 0 Å². The van der Waals surface area contributed by atoms with Gasteiger partial charge in [-0.15, -0.1) is 0 Å². The lowest BCUT2D eigenvalue weighted by Gasteiger charge is -2.22. The van der Waals surface area contributed by atoms with Crippen LogP contribution in [0.25, 0.3) is 0 Å². The highest BCUT2D eigenvalue weighted by Crippen LogP contribution is 2.23. The van der Waals surface area contributed by atoms with Crippen molar-refractivity contribution >= 4 is 0 Å². The molecule has 2 heteroatoms. The summed E-state index contributed by atoms with van der Waals surface area (Å²) in [6.45, 7) is 7.53. The first-order valence-corrected chi connectivity index (χ1v) is 4.30. The molecular weight excluding hydrogens is 136 g/mol. The van der Waals surface area contributed by atoms with E-state index in [2.05, 4.69) is 24.8 Å². The van der Waals surface area contributed by atoms with E-state index in [1.165, 1.54) is 6.42 Å². The minimum Gasteiger partial charge on any atom is -0.285 e. The van der Waals surface area contributed by atoms with Gasteiger partial charge in [-0.3, -0.25) is 4.90 Å². The molecule has 11 heavy (non-hydrogen) atoms. The second-order valence-corrected chi connectivity index (χ2v) is 3.69. The molecule has 0 aliphatic carbocycles. The third kappa shape index (κ3) is 1.72. The Morgan fingerprint density at radius 3 is 2.55 bits per heavy atom. The Labute approximate surface area is 68.8 Å². The number of hydrogen-bond acceptors (Lipinski definition) is 2. The Bertz CT molecular complexity index is 171. The molecule has 3 unspecified atom stereocenters. The Morgan fingerprint density at radius 1 is 1.55 bits per heavy atom. The van der Waals surface area contributed by atoms with Crippen molar-refractivity contribution in [2.75, 3.05) is 6.54 Å². The van der Waals surface area contributed by atoms with E-state index < -0.39 is 0 Å². The average Bonchev–Trinajstić information content (AvgIpc) is 2.28. The number of likely N-dealkylation sites (tertiary alicyclic amines) is 1. The molecule has 2 nitrogen and oxygen atoms in total. The van der Waals surface area contributed by atoms with Gasteiger partial charge in [-0.25, -0.2) is 0 Å². The quantitative estimate of drug-likeness (QED) is 0.571. The maximum atomic E-state index is 8.71. The molecule has 3 atom stereocenters. The fraction of sp³-hybridized carbons (Fsp3) is 0.889. The molecule has 1 heterocycles. The van der Waals surface area contributed by atoms with Crippen LogP contribution in [0.4, 0.5) is 0 Å². The topological polar surface area (TPSA) is 27.0 Å². The molecule has 0 amide bonds. The lowest BCUT2D eigenvalue weighted by atomic mass is 10.1. The lowest BCUT2D eigenvalue weighted by molar-refractivity contribution is 0.237. The van der Waals surface area contributed by atoms with Gasteiger partial charge >= 0.3 is 0 Å². The molecule has 0 aromatic rings. The predicted octanol–water partition coefficient (Wildman–Crippen LogP) is 1.63. The first-order chi connectivity index (χ1) is 5.15. The normalized spacial score (nSPS) is 35.1. The Kier molecular flexibility index (Phi) is 2.51. The fourth-order valence-corrected chi connectivity index (χ4v) is 1.95. The van der Waals surface area contributed by atoms with Crippen LogP contribution in [0.1, 0.15) is 27.2 Å². The zero-order valence-electron chi connectivity index (χ0n) is 7.54. The van der Waals surface area contributed by atoms with Crippen LogP contribution in [0, 0.1) is 17.2 Å². The van der Waals surface area contributed by atoms with E-state index in [1.807, 2.05) is 6.92 Å². The summed E-state index contributed by atoms with van der Waals surface area (Å²) in [7, 11) is 0. The monoisotopic (exact) mass is 152 g/mol. The standard InChI is InChI=1S/C9H16N2/c1-7-4-8(2)11(6-7)9(3)5-10/h7-9H,4,6H2,1-3H3. The zero-order chi connectivity index (χ0) is 8.43. The summed E-state index contributed by atoms with van der Waals surface area (Å²) in [4.78, 5) is 2.28. The fourth-order valence-electron chi connectivity index (χ4n) is 1.95. The van der Waals surface area contributed by atoms with E-state index >= 15 is 0 Å². The maximum Gasteiger partial charge on any atom is 0.0951 e. The molecule has 0 aromatic heterocycles. The van der Waals surface area contributed by atoms with Gasteiger partial charge in [-0.1, -0.05) is 6.92 Å². The Balaban J connectivity index is 2.54. The lowest BCUT2D eigenvalue weighted by Crippen LogP contribution is -2.34. The molecule has 62 valence electrons. The van der Waals surface area contributed by atoms with Crippen molar-refractivity contribution in [3.63, 3.8) is 0 Å². The number of nitriles is 1. The SMILES string of the molecule is CC1CC(C)N(C(C)C#N)C1. The molecule has 0 saturated carbocycles. The van der Waals surface area contributed by atoms with Gasteiger partial charge in [0.1, 0.15) is 0 Å². The van der Waals surface area contributed by atoms with Crippen molar-refractivity contribution in [1.82, 2.24) is 4.90 Å². The van der Waals surface area contributed by atoms with Crippen molar-refractivity contribution < 1.29 is 0 Å². The zero-order valence-corrected chi connectivity index (χ0v) is 7.54. The van der Waals surface area contributed by atoms with E-state index in [1.54, 1.807) is 0 Å². The minimum absolute atomic E-state index is 0.0925. The van der Waals surface area contributed by atoms with E-state index in [0.29, 0.717) is 6.04 Å². The van der Waals surface area contributed by atoms with E-state index in [-0.39, 0.29) is 6.04 Å². The summed E-state index contributed by atoms with van der Waals surface area (Å²) >= 11 is 0. The van der Waals surface area contributed by atoms with Crippen molar-refractivity contribution in [3.8, 4) is 6.07 Å². The van der Waals surface area contributed by atoms with Gasteiger partial charge in [0, 0.05) is 12.6 Å². The van der Waals surface area contributed by atoms with Crippen molar-refractivity contribution in [2.45, 2.75) is 39.3 Å². The summed E-state index contributed by atoms with van der Waals surface area (Å²) in [6, 6.07) is 2.97. The van der Waals surface area contributed by atoms with Crippen LogP contribution in [0.2, 0.25) is 0 Å². The van der Waals surface area contributed by atoms with Crippen molar-refractivity contribution in [3.05, 3.63) is 0 Å². The van der Waals surface area contributed by atoms with Gasteiger partial charge in [0.2, 0.25) is 0 Å². The molecular formula is C9H16N2. The predicted molar refractivity (Wildman–Crippen MR) is 45.0 cm³/mol. The van der Waals surface area contributed by atoms with Crippen LogP contribution in [-0.4, -0.2) is 23.5 Å². The number of hydrogen-bond donors (Lipinski definition) is 0. The average molecular weight is 152 g/mol. The minimum atomic E-state index is 0.0925. The molecule has 1 fully saturated rings. The molecule has 0 spiro atoms. The summed E-state index contributed by atoms with van der Waals surface area (Å²) in [5, 5.41) is 8.71. The Hall–Kier alpha value is -0.550. The molecule has 1 rings (SSSR count). The van der Waals surface area contributed by atoms with Gasteiger partial charge in [-0.2, -0.15) is 5.26 Å². The third-order valence-corrected chi connectivity index (χ3v) is 2.52. The van der Waals surface area contributed by atoms with Gasteiger partial charge in [0.05, 0.1) is 12.1 Å². The maximum absolute atomic E-state index is 8.71. The second kappa shape index (κ2) is 3.23. The number of nitrogens with zero attached hydrogens (tertiary/aromatic N) is 2. The highest BCUT2D eigenvalue weighted by Gasteiger charge is 2.29. The molecule has 1 aliphatic heterocycles. The molecule has 0 radical (unpaired) electrons. The Morgan fingerprint density at radius 2 is 2.18 bits per heavy atom. The summed E-state index contributed by atoms with van der Waals surface area (Å²) in [5.41, 5.74) is 0. The highest BCUT2D eigenvalue weighted by molar-refractivity contribution is 4.94. The van der Waals surface area contributed by atoms with Gasteiger partial charge in [0.15, 0.2) is 0 Å². The van der Waals surface area contributed by atoms with Crippen LogP contribution in [0.15, 0.2) is 0 Å². The van der Waals surface area contributed by atoms with E-state index in [0.717, 1.165) is 12.5 Å². The van der Waals surface area contributed by atoms with Crippen LogP contribution in [0.3, 0.4) is 0 Å².